The van der Waals surface area contributed by atoms with Crippen molar-refractivity contribution < 1.29 is 0 Å². The molecule has 1 aliphatic heterocycles. The molecule has 30 heavy (non-hydrogen) atoms. The van der Waals surface area contributed by atoms with E-state index in [0.717, 1.165) is 47.5 Å². The lowest BCUT2D eigenvalue weighted by molar-refractivity contribution is 0.767. The Balaban J connectivity index is 0.00000106. The molecule has 0 aliphatic carbocycles. The van der Waals surface area contributed by atoms with Crippen molar-refractivity contribution in [3.63, 3.8) is 0 Å². The molecule has 2 heterocycles. The molecule has 3 N–H and O–H groups in total. The summed E-state index contributed by atoms with van der Waals surface area (Å²) >= 11 is 0. The molecule has 0 amide bonds. The number of nitrogens with zero attached hydrogens (tertiary/aromatic N) is 4. The largest absolute Gasteiger partial charge is 0.397 e. The number of tetrazole rings is 1. The molecule has 0 bridgehead atoms. The second-order valence-electron chi connectivity index (χ2n) is 6.94. The second-order valence-corrected chi connectivity index (χ2v) is 6.94. The van der Waals surface area contributed by atoms with Crippen LogP contribution in [0.4, 0.5) is 17.1 Å². The number of nitrogens with one attached hydrogen (secondary N) is 1. The lowest BCUT2D eigenvalue weighted by Crippen LogP contribution is -2.25. The van der Waals surface area contributed by atoms with Gasteiger partial charge in [0.25, 0.3) is 0 Å². The van der Waals surface area contributed by atoms with Crippen molar-refractivity contribution in [2.75, 3.05) is 17.2 Å². The number of nitrogens with two attached hydrogens (primary N) is 1. The summed E-state index contributed by atoms with van der Waals surface area (Å²) < 4.78 is 0. The number of aromatic nitrogens is 4. The fourth-order valence-corrected chi connectivity index (χ4v) is 3.96. The number of aryl methyl sites for hydroxylation is 1. The third kappa shape index (κ3) is 3.64. The van der Waals surface area contributed by atoms with E-state index in [2.05, 4.69) is 68.0 Å². The predicted molar refractivity (Wildman–Crippen MR) is 123 cm³/mol. The van der Waals surface area contributed by atoms with Crippen molar-refractivity contribution in [3.05, 3.63) is 72.3 Å². The first-order chi connectivity index (χ1) is 14.8. The first kappa shape index (κ1) is 19.6. The molecular formula is C24H26N6. The molecule has 6 heteroatoms. The van der Waals surface area contributed by atoms with E-state index in [4.69, 9.17) is 5.73 Å². The molecule has 0 fully saturated rings. The molecule has 3 aromatic carbocycles. The van der Waals surface area contributed by atoms with Gasteiger partial charge in [0.05, 0.1) is 11.4 Å². The molecule has 0 saturated carbocycles. The fourth-order valence-electron chi connectivity index (χ4n) is 3.96. The minimum Gasteiger partial charge on any atom is -0.397 e. The number of aromatic amines is 1. The highest BCUT2D eigenvalue weighted by molar-refractivity contribution is 5.86. The Bertz CT molecular complexity index is 1120. The molecule has 152 valence electrons. The summed E-state index contributed by atoms with van der Waals surface area (Å²) in [6.45, 7) is 4.97. The summed E-state index contributed by atoms with van der Waals surface area (Å²) in [5, 5.41) is 14.4. The lowest BCUT2D eigenvalue weighted by Gasteiger charge is -2.32. The molecule has 0 atom stereocenters. The fraction of sp³-hybridized carbons (Fsp3) is 0.208. The Morgan fingerprint density at radius 3 is 2.43 bits per heavy atom. The molecule has 5 rings (SSSR count). The monoisotopic (exact) mass is 398 g/mol. The summed E-state index contributed by atoms with van der Waals surface area (Å²) in [7, 11) is 0. The highest BCUT2D eigenvalue weighted by Gasteiger charge is 2.20. The number of hydrogen-bond donors (Lipinski definition) is 2. The van der Waals surface area contributed by atoms with Gasteiger partial charge in [0.15, 0.2) is 0 Å². The molecule has 6 nitrogen and oxygen atoms in total. The maximum Gasteiger partial charge on any atom is 0.205 e. The Hall–Kier alpha value is -3.67. The molecule has 1 aliphatic rings. The van der Waals surface area contributed by atoms with Crippen LogP contribution in [0.1, 0.15) is 25.8 Å². The zero-order valence-corrected chi connectivity index (χ0v) is 17.3. The van der Waals surface area contributed by atoms with Crippen molar-refractivity contribution in [1.29, 1.82) is 0 Å². The Labute approximate surface area is 176 Å². The van der Waals surface area contributed by atoms with Gasteiger partial charge in [-0.25, -0.2) is 0 Å². The van der Waals surface area contributed by atoms with Crippen LogP contribution in [0.25, 0.3) is 22.5 Å². The van der Waals surface area contributed by atoms with E-state index >= 15 is 0 Å². The zero-order valence-electron chi connectivity index (χ0n) is 17.3. The van der Waals surface area contributed by atoms with Gasteiger partial charge in [0.2, 0.25) is 5.82 Å². The maximum atomic E-state index is 6.52. The number of rotatable bonds is 3. The summed E-state index contributed by atoms with van der Waals surface area (Å²) in [5.74, 6) is 0.572. The van der Waals surface area contributed by atoms with Crippen molar-refractivity contribution in [2.24, 2.45) is 0 Å². The molecule has 4 aromatic rings. The van der Waals surface area contributed by atoms with Crippen LogP contribution >= 0.6 is 0 Å². The maximum absolute atomic E-state index is 6.52. The van der Waals surface area contributed by atoms with Gasteiger partial charge >= 0.3 is 0 Å². The van der Waals surface area contributed by atoms with Gasteiger partial charge in [-0.2, -0.15) is 5.21 Å². The first-order valence-corrected chi connectivity index (χ1v) is 10.4. The molecule has 0 saturated heterocycles. The van der Waals surface area contributed by atoms with E-state index in [-0.39, 0.29) is 0 Å². The van der Waals surface area contributed by atoms with Crippen molar-refractivity contribution in [1.82, 2.24) is 20.6 Å². The Morgan fingerprint density at radius 1 is 0.900 bits per heavy atom. The van der Waals surface area contributed by atoms with E-state index in [1.165, 1.54) is 11.3 Å². The quantitative estimate of drug-likeness (QED) is 0.462. The van der Waals surface area contributed by atoms with Crippen LogP contribution in [0.3, 0.4) is 0 Å². The summed E-state index contributed by atoms with van der Waals surface area (Å²) in [6.07, 6.45) is 2.24. The lowest BCUT2D eigenvalue weighted by atomic mass is 9.97. The summed E-state index contributed by atoms with van der Waals surface area (Å²) in [6, 6.07) is 22.8. The highest BCUT2D eigenvalue weighted by atomic mass is 15.5. The third-order valence-electron chi connectivity index (χ3n) is 5.25. The molecule has 0 unspecified atom stereocenters. The minimum atomic E-state index is 0.572. The Morgan fingerprint density at radius 2 is 1.67 bits per heavy atom. The van der Waals surface area contributed by atoms with E-state index in [1.54, 1.807) is 0 Å². The standard InChI is InChI=1S/C22H20N6.C2H6/c23-19-14-16(17-8-2-3-9-18(17)22-24-26-27-25-22)11-12-21(19)28-13-5-7-15-6-1-4-10-20(15)28;1-2/h1-4,6,8-12,14H,5,7,13,23H2,(H,24,25,26,27);1-2H3. The van der Waals surface area contributed by atoms with Gasteiger partial charge in [0, 0.05) is 17.8 Å². The third-order valence-corrected chi connectivity index (χ3v) is 5.25. The smallest absolute Gasteiger partial charge is 0.205 e. The van der Waals surface area contributed by atoms with Gasteiger partial charge in [-0.15, -0.1) is 10.2 Å². The summed E-state index contributed by atoms with van der Waals surface area (Å²) in [4.78, 5) is 2.32. The van der Waals surface area contributed by atoms with Gasteiger partial charge in [-0.1, -0.05) is 62.4 Å². The second kappa shape index (κ2) is 8.78. The first-order valence-electron chi connectivity index (χ1n) is 10.4. The molecule has 0 spiro atoms. The SMILES string of the molecule is CC.Nc1cc(-c2ccccc2-c2nn[nH]n2)ccc1N1CCCc2ccccc21. The number of nitrogen functional groups attached to an aromatic ring is 1. The van der Waals surface area contributed by atoms with Gasteiger partial charge in [0.1, 0.15) is 0 Å². The van der Waals surface area contributed by atoms with Crippen LogP contribution in [0.5, 0.6) is 0 Å². The molecular weight excluding hydrogens is 372 g/mol. The van der Waals surface area contributed by atoms with Gasteiger partial charge < -0.3 is 10.6 Å². The molecule has 1 aromatic heterocycles. The number of anilines is 3. The molecule has 0 radical (unpaired) electrons. The number of fused-ring (bicyclic) bond motifs is 1. The topological polar surface area (TPSA) is 83.7 Å². The van der Waals surface area contributed by atoms with Crippen LogP contribution in [-0.4, -0.2) is 27.2 Å². The zero-order chi connectivity index (χ0) is 20.9. The van der Waals surface area contributed by atoms with Crippen LogP contribution < -0.4 is 10.6 Å². The van der Waals surface area contributed by atoms with Crippen molar-refractivity contribution >= 4 is 17.1 Å². The number of benzene rings is 3. The predicted octanol–water partition coefficient (Wildman–Crippen LogP) is 5.23. The van der Waals surface area contributed by atoms with Crippen LogP contribution in [0.2, 0.25) is 0 Å². The van der Waals surface area contributed by atoms with E-state index < -0.39 is 0 Å². The number of hydrogen-bond acceptors (Lipinski definition) is 5. The number of para-hydroxylation sites is 1. The van der Waals surface area contributed by atoms with Gasteiger partial charge in [-0.05, 0) is 52.9 Å². The van der Waals surface area contributed by atoms with E-state index in [0.29, 0.717) is 5.82 Å². The normalized spacial score (nSPS) is 12.7. The van der Waals surface area contributed by atoms with Crippen LogP contribution in [0, 0.1) is 0 Å². The average Bonchev–Trinajstić information content (AvgIpc) is 3.35. The summed E-state index contributed by atoms with van der Waals surface area (Å²) in [5.41, 5.74) is 13.9. The average molecular weight is 399 g/mol. The van der Waals surface area contributed by atoms with E-state index in [9.17, 15) is 0 Å². The van der Waals surface area contributed by atoms with E-state index in [1.807, 2.05) is 38.1 Å². The minimum absolute atomic E-state index is 0.572. The van der Waals surface area contributed by atoms with Crippen LogP contribution in [-0.2, 0) is 6.42 Å². The highest BCUT2D eigenvalue weighted by Crippen LogP contribution is 2.39. The Kier molecular flexibility index (Phi) is 5.75. The van der Waals surface area contributed by atoms with Crippen LogP contribution in [0.15, 0.2) is 66.7 Å². The van der Waals surface area contributed by atoms with Crippen molar-refractivity contribution in [2.45, 2.75) is 26.7 Å². The number of H-pyrrole nitrogens is 1. The van der Waals surface area contributed by atoms with Crippen molar-refractivity contribution in [3.8, 4) is 22.5 Å². The van der Waals surface area contributed by atoms with Gasteiger partial charge in [-0.3, -0.25) is 0 Å².